The molecular formula is C20H21NO5. The van der Waals surface area contributed by atoms with Gasteiger partial charge in [0.15, 0.2) is 0 Å². The van der Waals surface area contributed by atoms with E-state index in [2.05, 4.69) is 56.1 Å². The minimum absolute atomic E-state index is 0.229. The second-order valence-corrected chi connectivity index (χ2v) is 6.54. The number of aryl methyl sites for hydroxylation is 2. The zero-order chi connectivity index (χ0) is 19.5. The first kappa shape index (κ1) is 19.2. The van der Waals surface area contributed by atoms with Crippen LogP contribution in [0.2, 0.25) is 0 Å². The number of rotatable bonds is 2. The van der Waals surface area contributed by atoms with Gasteiger partial charge in [-0.25, -0.2) is 9.59 Å². The number of pyridine rings is 1. The fourth-order valence-electron chi connectivity index (χ4n) is 2.58. The number of ether oxygens (including phenoxy) is 1. The monoisotopic (exact) mass is 355 g/mol. The molecule has 2 N–H and O–H groups in total. The van der Waals surface area contributed by atoms with Crippen molar-refractivity contribution in [2.75, 3.05) is 0 Å². The lowest BCUT2D eigenvalue weighted by Crippen LogP contribution is -2.27. The molecule has 1 aromatic carbocycles. The average Bonchev–Trinajstić information content (AvgIpc) is 2.51. The number of carboxylic acid groups (broad SMARTS) is 2. The first-order valence-electron chi connectivity index (χ1n) is 8.01. The van der Waals surface area contributed by atoms with Crippen molar-refractivity contribution in [1.29, 1.82) is 0 Å². The summed E-state index contributed by atoms with van der Waals surface area (Å²) in [6.45, 7) is 8.28. The predicted octanol–water partition coefficient (Wildman–Crippen LogP) is 3.75. The first-order chi connectivity index (χ1) is 12.1. The molecule has 1 aliphatic heterocycles. The standard InChI is InChI=1S/C16H17NO.C4H4O4/c1-10-7-11(2)17-14-8-12-5-6-16(3,4)18-15(12)9-13(10)14;5-3(6)1-2-4(7)8/h5-9H,1-4H3;1-2H,(H,5,6)(H,7,8). The third-order valence-corrected chi connectivity index (χ3v) is 3.68. The second-order valence-electron chi connectivity index (χ2n) is 6.54. The molecule has 0 unspecified atom stereocenters. The summed E-state index contributed by atoms with van der Waals surface area (Å²) >= 11 is 0. The van der Waals surface area contributed by atoms with E-state index in [1.807, 2.05) is 6.92 Å². The summed E-state index contributed by atoms with van der Waals surface area (Å²) < 4.78 is 6.00. The fraction of sp³-hybridized carbons (Fsp3) is 0.250. The molecule has 0 bridgehead atoms. The van der Waals surface area contributed by atoms with Crippen LogP contribution in [-0.2, 0) is 9.59 Å². The Morgan fingerprint density at radius 1 is 1.08 bits per heavy atom. The smallest absolute Gasteiger partial charge is 0.328 e. The van der Waals surface area contributed by atoms with Gasteiger partial charge in [-0.15, -0.1) is 0 Å². The quantitative estimate of drug-likeness (QED) is 0.797. The van der Waals surface area contributed by atoms with E-state index in [-0.39, 0.29) is 5.60 Å². The molecule has 136 valence electrons. The molecule has 0 aliphatic carbocycles. The molecular weight excluding hydrogens is 334 g/mol. The van der Waals surface area contributed by atoms with Crippen molar-refractivity contribution in [3.63, 3.8) is 0 Å². The summed E-state index contributed by atoms with van der Waals surface area (Å²) in [4.78, 5) is 23.7. The van der Waals surface area contributed by atoms with Gasteiger partial charge in [0.2, 0.25) is 0 Å². The number of carboxylic acids is 2. The molecule has 0 spiro atoms. The molecule has 0 amide bonds. The third kappa shape index (κ3) is 4.92. The molecule has 2 heterocycles. The van der Waals surface area contributed by atoms with Gasteiger partial charge >= 0.3 is 11.9 Å². The van der Waals surface area contributed by atoms with Gasteiger partial charge in [-0.05, 0) is 57.5 Å². The van der Waals surface area contributed by atoms with Gasteiger partial charge in [0.25, 0.3) is 0 Å². The SMILES string of the molecule is Cc1cc(C)c2cc3c(cc2n1)C=CC(C)(C)O3.O=C(O)C=CC(=O)O. The predicted molar refractivity (Wildman–Crippen MR) is 99.4 cm³/mol. The fourth-order valence-corrected chi connectivity index (χ4v) is 2.58. The Labute approximate surface area is 151 Å². The summed E-state index contributed by atoms with van der Waals surface area (Å²) in [6.07, 6.45) is 5.33. The third-order valence-electron chi connectivity index (χ3n) is 3.68. The van der Waals surface area contributed by atoms with Crippen molar-refractivity contribution < 1.29 is 24.5 Å². The lowest BCUT2D eigenvalue weighted by molar-refractivity contribution is -0.134. The Hall–Kier alpha value is -3.15. The minimum Gasteiger partial charge on any atom is -0.483 e. The van der Waals surface area contributed by atoms with E-state index in [9.17, 15) is 9.59 Å². The van der Waals surface area contributed by atoms with Crippen LogP contribution in [0.1, 0.15) is 30.7 Å². The highest BCUT2D eigenvalue weighted by Gasteiger charge is 2.22. The molecule has 1 aromatic heterocycles. The van der Waals surface area contributed by atoms with E-state index in [4.69, 9.17) is 14.9 Å². The number of aromatic nitrogens is 1. The van der Waals surface area contributed by atoms with Gasteiger partial charge in [-0.3, -0.25) is 4.98 Å². The number of nitrogens with zero attached hydrogens (tertiary/aromatic N) is 1. The Morgan fingerprint density at radius 3 is 2.27 bits per heavy atom. The highest BCUT2D eigenvalue weighted by molar-refractivity contribution is 5.89. The first-order valence-corrected chi connectivity index (χ1v) is 8.01. The largest absolute Gasteiger partial charge is 0.483 e. The van der Waals surface area contributed by atoms with Gasteiger partial charge in [-0.1, -0.05) is 6.08 Å². The van der Waals surface area contributed by atoms with Gasteiger partial charge in [-0.2, -0.15) is 0 Å². The zero-order valence-electron chi connectivity index (χ0n) is 15.1. The van der Waals surface area contributed by atoms with Crippen molar-refractivity contribution in [1.82, 2.24) is 4.98 Å². The highest BCUT2D eigenvalue weighted by Crippen LogP contribution is 2.34. The maximum Gasteiger partial charge on any atom is 0.328 e. The van der Waals surface area contributed by atoms with Crippen molar-refractivity contribution in [2.24, 2.45) is 0 Å². The Morgan fingerprint density at radius 2 is 1.69 bits per heavy atom. The Bertz CT molecular complexity index is 909. The van der Waals surface area contributed by atoms with E-state index in [1.165, 1.54) is 10.9 Å². The number of aliphatic carboxylic acids is 2. The lowest BCUT2D eigenvalue weighted by Gasteiger charge is -2.28. The highest BCUT2D eigenvalue weighted by atomic mass is 16.5. The summed E-state index contributed by atoms with van der Waals surface area (Å²) in [5.41, 5.74) is 4.22. The van der Waals surface area contributed by atoms with Crippen LogP contribution in [0, 0.1) is 13.8 Å². The maximum absolute atomic E-state index is 9.55. The van der Waals surface area contributed by atoms with Crippen molar-refractivity contribution >= 4 is 28.9 Å². The van der Waals surface area contributed by atoms with Gasteiger partial charge in [0, 0.05) is 28.8 Å². The second kappa shape index (κ2) is 7.39. The van der Waals surface area contributed by atoms with E-state index in [0.717, 1.165) is 22.5 Å². The summed E-state index contributed by atoms with van der Waals surface area (Å²) in [6, 6.07) is 6.33. The Kier molecular flexibility index (Phi) is 5.45. The molecule has 6 heteroatoms. The van der Waals surface area contributed by atoms with E-state index in [0.29, 0.717) is 12.2 Å². The number of hydrogen-bond acceptors (Lipinski definition) is 4. The molecule has 1 aliphatic rings. The van der Waals surface area contributed by atoms with Gasteiger partial charge in [0.05, 0.1) is 5.52 Å². The van der Waals surface area contributed by atoms with Gasteiger partial charge in [0.1, 0.15) is 11.4 Å². The number of fused-ring (bicyclic) bond motifs is 2. The van der Waals surface area contributed by atoms with Gasteiger partial charge < -0.3 is 14.9 Å². The van der Waals surface area contributed by atoms with Crippen molar-refractivity contribution in [3.8, 4) is 5.75 Å². The number of carbonyl (C=O) groups is 2. The van der Waals surface area contributed by atoms with Crippen molar-refractivity contribution in [3.05, 3.63) is 53.2 Å². The summed E-state index contributed by atoms with van der Waals surface area (Å²) in [7, 11) is 0. The molecule has 26 heavy (non-hydrogen) atoms. The Balaban J connectivity index is 0.000000260. The van der Waals surface area contributed by atoms with E-state index in [1.54, 1.807) is 0 Å². The van der Waals surface area contributed by atoms with Crippen LogP contribution >= 0.6 is 0 Å². The summed E-state index contributed by atoms with van der Waals surface area (Å²) in [5.74, 6) is -1.57. The molecule has 6 nitrogen and oxygen atoms in total. The molecule has 3 rings (SSSR count). The van der Waals surface area contributed by atoms with Crippen LogP contribution in [0.4, 0.5) is 0 Å². The molecule has 0 radical (unpaired) electrons. The lowest BCUT2D eigenvalue weighted by atomic mass is 9.99. The maximum atomic E-state index is 9.55. The number of hydrogen-bond donors (Lipinski definition) is 2. The average molecular weight is 355 g/mol. The van der Waals surface area contributed by atoms with Crippen LogP contribution < -0.4 is 4.74 Å². The van der Waals surface area contributed by atoms with Crippen molar-refractivity contribution in [2.45, 2.75) is 33.3 Å². The molecule has 0 saturated heterocycles. The minimum atomic E-state index is -1.26. The molecule has 0 fully saturated rings. The van der Waals surface area contributed by atoms with Crippen LogP contribution in [0.5, 0.6) is 5.75 Å². The van der Waals surface area contributed by atoms with Crippen LogP contribution in [0.15, 0.2) is 36.4 Å². The van der Waals surface area contributed by atoms with E-state index < -0.39 is 11.9 Å². The summed E-state index contributed by atoms with van der Waals surface area (Å²) in [5, 5.41) is 16.8. The zero-order valence-corrected chi connectivity index (χ0v) is 15.1. The molecule has 0 atom stereocenters. The molecule has 2 aromatic rings. The topological polar surface area (TPSA) is 96.7 Å². The van der Waals surface area contributed by atoms with Crippen LogP contribution in [-0.4, -0.2) is 32.7 Å². The molecule has 0 saturated carbocycles. The van der Waals surface area contributed by atoms with Crippen LogP contribution in [0.3, 0.4) is 0 Å². The normalized spacial score (nSPS) is 14.3. The number of benzene rings is 1. The van der Waals surface area contributed by atoms with E-state index >= 15 is 0 Å². The van der Waals surface area contributed by atoms with Crippen LogP contribution in [0.25, 0.3) is 17.0 Å².